The van der Waals surface area contributed by atoms with Gasteiger partial charge in [0, 0.05) is 25.9 Å². The van der Waals surface area contributed by atoms with Gasteiger partial charge in [-0.15, -0.1) is 0 Å². The zero-order chi connectivity index (χ0) is 27.0. The molecule has 3 aromatic carbocycles. The molecule has 2 amide bonds. The highest BCUT2D eigenvalue weighted by Crippen LogP contribution is 2.25. The van der Waals surface area contributed by atoms with Crippen molar-refractivity contribution in [2.75, 3.05) is 6.54 Å². The second-order valence-corrected chi connectivity index (χ2v) is 11.1. The Kier molecular flexibility index (Phi) is 10.2. The van der Waals surface area contributed by atoms with Crippen LogP contribution >= 0.6 is 23.2 Å². The molecule has 6 heteroatoms. The van der Waals surface area contributed by atoms with Gasteiger partial charge in [-0.3, -0.25) is 9.59 Å². The number of rotatable bonds is 10. The van der Waals surface area contributed by atoms with Gasteiger partial charge < -0.3 is 10.2 Å². The van der Waals surface area contributed by atoms with Gasteiger partial charge in [0.15, 0.2) is 0 Å². The third kappa shape index (κ3) is 8.34. The van der Waals surface area contributed by atoms with E-state index in [2.05, 4.69) is 50.4 Å². The largest absolute Gasteiger partial charge is 0.355 e. The fourth-order valence-corrected chi connectivity index (χ4v) is 4.57. The predicted octanol–water partition coefficient (Wildman–Crippen LogP) is 7.00. The van der Waals surface area contributed by atoms with Gasteiger partial charge >= 0.3 is 0 Å². The summed E-state index contributed by atoms with van der Waals surface area (Å²) in [5.74, 6) is -0.257. The van der Waals surface area contributed by atoms with E-state index >= 15 is 0 Å². The van der Waals surface area contributed by atoms with Crippen molar-refractivity contribution in [3.8, 4) is 0 Å². The number of hydrogen-bond acceptors (Lipinski definition) is 2. The summed E-state index contributed by atoms with van der Waals surface area (Å²) in [6.45, 7) is 9.16. The Balaban J connectivity index is 1.88. The van der Waals surface area contributed by atoms with Crippen molar-refractivity contribution in [3.63, 3.8) is 0 Å². The number of nitrogens with one attached hydrogen (secondary N) is 1. The van der Waals surface area contributed by atoms with Crippen LogP contribution < -0.4 is 5.32 Å². The summed E-state index contributed by atoms with van der Waals surface area (Å²) in [6.07, 6.45) is 1.30. The summed E-state index contributed by atoms with van der Waals surface area (Å²) in [7, 11) is 0. The van der Waals surface area contributed by atoms with Crippen molar-refractivity contribution in [2.45, 2.75) is 65.0 Å². The first-order valence-corrected chi connectivity index (χ1v) is 13.5. The summed E-state index contributed by atoms with van der Waals surface area (Å²) in [6, 6.07) is 22.9. The van der Waals surface area contributed by atoms with E-state index in [4.69, 9.17) is 23.2 Å². The molecule has 0 spiro atoms. The van der Waals surface area contributed by atoms with Gasteiger partial charge in [0.25, 0.3) is 0 Å². The van der Waals surface area contributed by atoms with Crippen LogP contribution in [-0.2, 0) is 34.4 Å². The van der Waals surface area contributed by atoms with Crippen molar-refractivity contribution < 1.29 is 9.59 Å². The Morgan fingerprint density at radius 2 is 1.51 bits per heavy atom. The monoisotopic (exact) mass is 538 g/mol. The van der Waals surface area contributed by atoms with Gasteiger partial charge in [0.05, 0.1) is 10.0 Å². The molecule has 3 aromatic rings. The van der Waals surface area contributed by atoms with Crippen LogP contribution in [0.15, 0.2) is 72.8 Å². The summed E-state index contributed by atoms with van der Waals surface area (Å²) >= 11 is 12.4. The summed E-state index contributed by atoms with van der Waals surface area (Å²) in [5.41, 5.74) is 4.22. The SMILES string of the molecule is CCNC(=O)[C@@H](Cc1ccccc1)N(Cc1ccc(Cl)c(Cl)c1)C(=O)CCc1ccc(C(C)(C)C)cc1. The molecule has 1 atom stereocenters. The first-order valence-electron chi connectivity index (χ1n) is 12.7. The molecule has 1 N–H and O–H groups in total. The van der Waals surface area contributed by atoms with E-state index in [0.717, 1.165) is 16.7 Å². The molecule has 0 heterocycles. The maximum absolute atomic E-state index is 13.7. The average Bonchev–Trinajstić information content (AvgIpc) is 2.87. The highest BCUT2D eigenvalue weighted by molar-refractivity contribution is 6.42. The molecule has 4 nitrogen and oxygen atoms in total. The van der Waals surface area contributed by atoms with Crippen LogP contribution in [0.1, 0.15) is 56.4 Å². The van der Waals surface area contributed by atoms with Gasteiger partial charge in [-0.05, 0) is 53.1 Å². The van der Waals surface area contributed by atoms with Gasteiger partial charge in [-0.1, -0.05) is 105 Å². The average molecular weight is 540 g/mol. The minimum atomic E-state index is -0.660. The number of carbonyl (C=O) groups excluding carboxylic acids is 2. The lowest BCUT2D eigenvalue weighted by molar-refractivity contribution is -0.141. The normalized spacial score (nSPS) is 12.2. The van der Waals surface area contributed by atoms with E-state index in [9.17, 15) is 9.59 Å². The summed E-state index contributed by atoms with van der Waals surface area (Å²) < 4.78 is 0. The number of likely N-dealkylation sites (N-methyl/N-ethyl adjacent to an activating group) is 1. The third-order valence-electron chi connectivity index (χ3n) is 6.41. The smallest absolute Gasteiger partial charge is 0.243 e. The molecule has 0 saturated heterocycles. The summed E-state index contributed by atoms with van der Waals surface area (Å²) in [4.78, 5) is 28.7. The first kappa shape index (κ1) is 28.7. The van der Waals surface area contributed by atoms with Crippen LogP contribution in [0.3, 0.4) is 0 Å². The molecule has 0 aliphatic carbocycles. The molecule has 3 rings (SSSR count). The molecule has 0 bridgehead atoms. The molecular formula is C31H36Cl2N2O2. The van der Waals surface area contributed by atoms with Crippen molar-refractivity contribution in [1.29, 1.82) is 0 Å². The minimum absolute atomic E-state index is 0.0717. The molecular weight excluding hydrogens is 503 g/mol. The van der Waals surface area contributed by atoms with E-state index in [1.165, 1.54) is 5.56 Å². The van der Waals surface area contributed by atoms with E-state index in [1.54, 1.807) is 17.0 Å². The number of nitrogens with zero attached hydrogens (tertiary/aromatic N) is 1. The second-order valence-electron chi connectivity index (χ2n) is 10.3. The molecule has 0 radical (unpaired) electrons. The number of benzene rings is 3. The van der Waals surface area contributed by atoms with Crippen molar-refractivity contribution in [3.05, 3.63) is 105 Å². The summed E-state index contributed by atoms with van der Waals surface area (Å²) in [5, 5.41) is 3.79. The predicted molar refractivity (Wildman–Crippen MR) is 153 cm³/mol. The maximum Gasteiger partial charge on any atom is 0.243 e. The molecule has 0 aliphatic rings. The van der Waals surface area contributed by atoms with E-state index in [0.29, 0.717) is 35.9 Å². The lowest BCUT2D eigenvalue weighted by Crippen LogP contribution is -2.50. The number of hydrogen-bond donors (Lipinski definition) is 1. The highest BCUT2D eigenvalue weighted by Gasteiger charge is 2.30. The molecule has 0 aromatic heterocycles. The molecule has 0 saturated carbocycles. The molecule has 0 aliphatic heterocycles. The van der Waals surface area contributed by atoms with Gasteiger partial charge in [0.1, 0.15) is 6.04 Å². The maximum atomic E-state index is 13.7. The van der Waals surface area contributed by atoms with Gasteiger partial charge in [-0.25, -0.2) is 0 Å². The lowest BCUT2D eigenvalue weighted by Gasteiger charge is -2.31. The molecule has 0 fully saturated rings. The lowest BCUT2D eigenvalue weighted by atomic mass is 9.86. The van der Waals surface area contributed by atoms with Crippen LogP contribution in [-0.4, -0.2) is 29.3 Å². The van der Waals surface area contributed by atoms with Crippen LogP contribution in [0.5, 0.6) is 0 Å². The zero-order valence-electron chi connectivity index (χ0n) is 22.1. The van der Waals surface area contributed by atoms with Crippen molar-refractivity contribution in [2.24, 2.45) is 0 Å². The van der Waals surface area contributed by atoms with Gasteiger partial charge in [-0.2, -0.15) is 0 Å². The van der Waals surface area contributed by atoms with Crippen LogP contribution in [0.25, 0.3) is 0 Å². The number of halogens is 2. The van der Waals surface area contributed by atoms with Crippen molar-refractivity contribution >= 4 is 35.0 Å². The van der Waals surface area contributed by atoms with Crippen LogP contribution in [0.2, 0.25) is 10.0 Å². The first-order chi connectivity index (χ1) is 17.6. The zero-order valence-corrected chi connectivity index (χ0v) is 23.6. The quantitative estimate of drug-likeness (QED) is 0.302. The Hall–Kier alpha value is -2.82. The standard InChI is InChI=1S/C31H36Cl2N2O2/c1-5-34-30(37)28(20-23-9-7-6-8-10-23)35(21-24-13-17-26(32)27(33)19-24)29(36)18-14-22-11-15-25(16-12-22)31(2,3)4/h6-13,15-17,19,28H,5,14,18,20-21H2,1-4H3,(H,34,37)/t28-/m1/s1. The van der Waals surface area contributed by atoms with E-state index in [-0.39, 0.29) is 23.8 Å². The Morgan fingerprint density at radius 3 is 2.11 bits per heavy atom. The van der Waals surface area contributed by atoms with E-state index < -0.39 is 6.04 Å². The third-order valence-corrected chi connectivity index (χ3v) is 7.15. The number of carbonyl (C=O) groups is 2. The Bertz CT molecular complexity index is 1190. The second kappa shape index (κ2) is 13.1. The fraction of sp³-hybridized carbons (Fsp3) is 0.355. The Morgan fingerprint density at radius 1 is 0.865 bits per heavy atom. The fourth-order valence-electron chi connectivity index (χ4n) is 4.25. The molecule has 37 heavy (non-hydrogen) atoms. The minimum Gasteiger partial charge on any atom is -0.355 e. The van der Waals surface area contributed by atoms with Gasteiger partial charge in [0.2, 0.25) is 11.8 Å². The molecule has 196 valence electrons. The van der Waals surface area contributed by atoms with Crippen LogP contribution in [0, 0.1) is 0 Å². The Labute approximate surface area is 231 Å². The number of amides is 2. The van der Waals surface area contributed by atoms with Crippen LogP contribution in [0.4, 0.5) is 0 Å². The van der Waals surface area contributed by atoms with Crippen molar-refractivity contribution in [1.82, 2.24) is 10.2 Å². The topological polar surface area (TPSA) is 49.4 Å². The molecule has 0 unspecified atom stereocenters. The van der Waals surface area contributed by atoms with E-state index in [1.807, 2.05) is 43.3 Å². The highest BCUT2D eigenvalue weighted by atomic mass is 35.5. The number of aryl methyl sites for hydroxylation is 1.